The Kier molecular flexibility index (Phi) is 7.66. The number of phenolic OH excluding ortho intramolecular Hbond substituents is 2. The number of ketones is 1. The van der Waals surface area contributed by atoms with Gasteiger partial charge >= 0.3 is 0 Å². The Bertz CT molecular complexity index is 886. The average Bonchev–Trinajstić information content (AvgIpc) is 2.68. The minimum absolute atomic E-state index is 0.0266. The highest BCUT2D eigenvalue weighted by atomic mass is 16.3. The molecule has 4 heteroatoms. The van der Waals surface area contributed by atoms with Crippen molar-refractivity contribution >= 4 is 11.5 Å². The van der Waals surface area contributed by atoms with Gasteiger partial charge in [0, 0.05) is 23.7 Å². The minimum atomic E-state index is -0.321. The molecule has 4 nitrogen and oxygen atoms in total. The molecule has 0 heterocycles. The molecule has 0 aromatic heterocycles. The zero-order valence-corrected chi connectivity index (χ0v) is 17.6. The summed E-state index contributed by atoms with van der Waals surface area (Å²) in [5.74, 6) is -1.07. The molecule has 0 spiro atoms. The number of hydrogen-bond donors (Lipinski definition) is 3. The van der Waals surface area contributed by atoms with E-state index in [1.54, 1.807) is 0 Å². The number of carbonyl (C=O) groups is 1. The lowest BCUT2D eigenvalue weighted by Gasteiger charge is -2.30. The summed E-state index contributed by atoms with van der Waals surface area (Å²) in [5, 5.41) is 20.2. The highest BCUT2D eigenvalue weighted by Gasteiger charge is 2.34. The molecule has 0 saturated carbocycles. The maximum absolute atomic E-state index is 13.1. The lowest BCUT2D eigenvalue weighted by molar-refractivity contribution is 0.0888. The second-order valence-electron chi connectivity index (χ2n) is 7.78. The molecular weight excluding hydrogens is 362 g/mol. The van der Waals surface area contributed by atoms with Crippen molar-refractivity contribution in [1.29, 1.82) is 0 Å². The van der Waals surface area contributed by atoms with Gasteiger partial charge in [0.05, 0.1) is 0 Å². The number of aromatic hydroxyl groups is 2. The van der Waals surface area contributed by atoms with E-state index in [4.69, 9.17) is 5.73 Å². The number of phenols is 2. The van der Waals surface area contributed by atoms with E-state index in [0.29, 0.717) is 6.42 Å². The van der Waals surface area contributed by atoms with Crippen LogP contribution in [-0.4, -0.2) is 16.0 Å². The first kappa shape index (κ1) is 22.3. The highest BCUT2D eigenvalue weighted by Crippen LogP contribution is 2.42. The molecule has 1 aliphatic rings. The number of hydrogen-bond acceptors (Lipinski definition) is 4. The molecule has 154 valence electrons. The molecule has 2 aromatic rings. The molecule has 2 aromatic carbocycles. The van der Waals surface area contributed by atoms with Crippen molar-refractivity contribution in [2.45, 2.75) is 46.5 Å². The van der Waals surface area contributed by atoms with Crippen LogP contribution in [0, 0.1) is 5.92 Å². The van der Waals surface area contributed by atoms with E-state index in [2.05, 4.69) is 26.0 Å². The van der Waals surface area contributed by atoms with Gasteiger partial charge in [-0.2, -0.15) is 0 Å². The number of nitrogens with two attached hydrogens (primary N) is 1. The molecule has 0 unspecified atom stereocenters. The summed E-state index contributed by atoms with van der Waals surface area (Å²) in [5.41, 5.74) is 9.41. The van der Waals surface area contributed by atoms with Crippen LogP contribution in [-0.2, 0) is 0 Å². The van der Waals surface area contributed by atoms with E-state index < -0.39 is 0 Å². The third kappa shape index (κ3) is 5.74. The van der Waals surface area contributed by atoms with Crippen LogP contribution in [0.4, 0.5) is 5.69 Å². The van der Waals surface area contributed by atoms with Crippen molar-refractivity contribution in [3.63, 3.8) is 0 Å². The van der Waals surface area contributed by atoms with E-state index in [0.717, 1.165) is 17.6 Å². The van der Waals surface area contributed by atoms with Gasteiger partial charge in [0.1, 0.15) is 17.1 Å². The summed E-state index contributed by atoms with van der Waals surface area (Å²) >= 11 is 0. The van der Waals surface area contributed by atoms with Crippen molar-refractivity contribution in [3.05, 3.63) is 76.9 Å². The Morgan fingerprint density at radius 1 is 1.10 bits per heavy atom. The summed E-state index contributed by atoms with van der Waals surface area (Å²) in [7, 11) is 0. The van der Waals surface area contributed by atoms with Crippen molar-refractivity contribution in [2.24, 2.45) is 5.92 Å². The molecule has 0 amide bonds. The molecule has 3 rings (SSSR count). The number of carbonyl (C=O) groups excluding carboxylic acids is 1. The number of Topliss-reactive ketones (excluding diaryl/α,β-unsaturated/α-hetero) is 1. The molecule has 4 N–H and O–H groups in total. The second kappa shape index (κ2) is 9.97. The zero-order chi connectivity index (χ0) is 21.6. The number of rotatable bonds is 3. The van der Waals surface area contributed by atoms with Gasteiger partial charge < -0.3 is 15.9 Å². The van der Waals surface area contributed by atoms with Crippen molar-refractivity contribution in [2.75, 3.05) is 5.73 Å². The monoisotopic (exact) mass is 393 g/mol. The van der Waals surface area contributed by atoms with E-state index >= 15 is 0 Å². The fourth-order valence-corrected chi connectivity index (χ4v) is 3.48. The topological polar surface area (TPSA) is 83.5 Å². The standard InChI is InChI=1S/C20H21NO3.C5H10/c1-12-7-8-15(13-5-3-2-4-6-13)16(9-12)20(24)19-17(22)10-14(21)11-18(19)23;1-4-5(2)3/h2-7,10-11,15-16,22-23H,8-9,21H2,1H3;4H,1-3H3/t15-,16+;/m0./s1. The van der Waals surface area contributed by atoms with Gasteiger partial charge in [-0.05, 0) is 52.0 Å². The van der Waals surface area contributed by atoms with Gasteiger partial charge in [-0.25, -0.2) is 0 Å². The van der Waals surface area contributed by atoms with Gasteiger partial charge in [0.2, 0.25) is 0 Å². The van der Waals surface area contributed by atoms with E-state index in [1.165, 1.54) is 17.7 Å². The van der Waals surface area contributed by atoms with Crippen molar-refractivity contribution < 1.29 is 15.0 Å². The van der Waals surface area contributed by atoms with E-state index in [1.807, 2.05) is 44.2 Å². The fourth-order valence-electron chi connectivity index (χ4n) is 3.48. The summed E-state index contributed by atoms with van der Waals surface area (Å²) < 4.78 is 0. The van der Waals surface area contributed by atoms with Gasteiger partial charge in [-0.3, -0.25) is 4.79 Å². The van der Waals surface area contributed by atoms with Crippen LogP contribution >= 0.6 is 0 Å². The molecule has 0 bridgehead atoms. The Balaban J connectivity index is 0.000000537. The second-order valence-corrected chi connectivity index (χ2v) is 7.78. The Labute approximate surface area is 173 Å². The largest absolute Gasteiger partial charge is 0.507 e. The number of allylic oxidation sites excluding steroid dienone is 4. The summed E-state index contributed by atoms with van der Waals surface area (Å²) in [6.45, 7) is 8.21. The third-order valence-electron chi connectivity index (χ3n) is 5.26. The predicted octanol–water partition coefficient (Wildman–Crippen LogP) is 5.98. The smallest absolute Gasteiger partial charge is 0.174 e. The SMILES string of the molecule is CC1=CC[C@@H](c2ccccc2)[C@H](C(=O)c2c(O)cc(N)cc2O)C1.CC=C(C)C. The van der Waals surface area contributed by atoms with E-state index in [-0.39, 0.29) is 40.4 Å². The third-order valence-corrected chi connectivity index (χ3v) is 5.26. The number of nitrogen functional groups attached to an aromatic ring is 1. The Morgan fingerprint density at radius 2 is 1.66 bits per heavy atom. The molecule has 29 heavy (non-hydrogen) atoms. The van der Waals surface area contributed by atoms with Gasteiger partial charge in [0.15, 0.2) is 5.78 Å². The van der Waals surface area contributed by atoms with Crippen molar-refractivity contribution in [1.82, 2.24) is 0 Å². The van der Waals surface area contributed by atoms with Crippen LogP contribution < -0.4 is 5.73 Å². The first-order valence-corrected chi connectivity index (χ1v) is 9.90. The van der Waals surface area contributed by atoms with Gasteiger partial charge in [-0.15, -0.1) is 0 Å². The van der Waals surface area contributed by atoms with Crippen LogP contribution in [0.3, 0.4) is 0 Å². The highest BCUT2D eigenvalue weighted by molar-refractivity contribution is 6.03. The van der Waals surface area contributed by atoms with Crippen LogP contribution in [0.15, 0.2) is 65.8 Å². The zero-order valence-electron chi connectivity index (χ0n) is 17.6. The maximum Gasteiger partial charge on any atom is 0.174 e. The molecule has 0 radical (unpaired) electrons. The van der Waals surface area contributed by atoms with Crippen LogP contribution in [0.2, 0.25) is 0 Å². The van der Waals surface area contributed by atoms with E-state index in [9.17, 15) is 15.0 Å². The lowest BCUT2D eigenvalue weighted by Crippen LogP contribution is -2.25. The average molecular weight is 394 g/mol. The van der Waals surface area contributed by atoms with Crippen LogP contribution in [0.25, 0.3) is 0 Å². The first-order chi connectivity index (χ1) is 13.7. The summed E-state index contributed by atoms with van der Waals surface area (Å²) in [6.07, 6.45) is 5.62. The van der Waals surface area contributed by atoms with Crippen molar-refractivity contribution in [3.8, 4) is 11.5 Å². The Hall–Kier alpha value is -3.01. The summed E-state index contributed by atoms with van der Waals surface area (Å²) in [4.78, 5) is 13.1. The maximum atomic E-state index is 13.1. The Morgan fingerprint density at radius 3 is 2.17 bits per heavy atom. The number of benzene rings is 2. The van der Waals surface area contributed by atoms with Gasteiger partial charge in [0.25, 0.3) is 0 Å². The fraction of sp³-hybridized carbons (Fsp3) is 0.320. The molecule has 0 fully saturated rings. The molecular formula is C25H31NO3. The minimum Gasteiger partial charge on any atom is -0.507 e. The quantitative estimate of drug-likeness (QED) is 0.340. The molecule has 0 saturated heterocycles. The van der Waals surface area contributed by atoms with Gasteiger partial charge in [-0.1, -0.05) is 53.6 Å². The number of anilines is 1. The molecule has 0 aliphatic heterocycles. The van der Waals surface area contributed by atoms with Crippen LogP contribution in [0.5, 0.6) is 11.5 Å². The summed E-state index contributed by atoms with van der Waals surface area (Å²) in [6, 6.07) is 12.5. The molecule has 2 atom stereocenters. The predicted molar refractivity (Wildman–Crippen MR) is 119 cm³/mol. The first-order valence-electron chi connectivity index (χ1n) is 9.90. The normalized spacial score (nSPS) is 18.1. The van der Waals surface area contributed by atoms with Crippen LogP contribution in [0.1, 0.15) is 62.4 Å². The lowest BCUT2D eigenvalue weighted by atomic mass is 9.72. The molecule has 1 aliphatic carbocycles.